The number of hydrogen-bond acceptors (Lipinski definition) is 4. The second-order valence-electron chi connectivity index (χ2n) is 4.96. The zero-order valence-corrected chi connectivity index (χ0v) is 14.1. The summed E-state index contributed by atoms with van der Waals surface area (Å²) in [7, 11) is 0. The van der Waals surface area contributed by atoms with Crippen LogP contribution in [0.1, 0.15) is 11.3 Å². The maximum atomic E-state index is 12.0. The Balaban J connectivity index is 1.52. The molecule has 0 radical (unpaired) electrons. The number of anilines is 1. The van der Waals surface area contributed by atoms with Crippen LogP contribution >= 0.6 is 23.1 Å². The van der Waals surface area contributed by atoms with E-state index < -0.39 is 0 Å². The molecule has 0 aliphatic heterocycles. The highest BCUT2D eigenvalue weighted by atomic mass is 32.2. The highest BCUT2D eigenvalue weighted by Crippen LogP contribution is 2.24. The summed E-state index contributed by atoms with van der Waals surface area (Å²) in [5.41, 5.74) is 1.99. The van der Waals surface area contributed by atoms with Crippen LogP contribution in [0.15, 0.2) is 70.9 Å². The molecular weight excluding hydrogens is 324 g/mol. The minimum Gasteiger partial charge on any atom is -0.302 e. The Morgan fingerprint density at radius 2 is 1.74 bits per heavy atom. The molecule has 23 heavy (non-hydrogen) atoms. The van der Waals surface area contributed by atoms with Crippen molar-refractivity contribution in [1.82, 2.24) is 4.98 Å². The van der Waals surface area contributed by atoms with E-state index in [9.17, 15) is 4.79 Å². The summed E-state index contributed by atoms with van der Waals surface area (Å²) in [6.45, 7) is 0. The first-order valence-electron chi connectivity index (χ1n) is 7.25. The summed E-state index contributed by atoms with van der Waals surface area (Å²) in [4.78, 5) is 17.7. The maximum Gasteiger partial charge on any atom is 0.230 e. The van der Waals surface area contributed by atoms with Crippen LogP contribution in [-0.4, -0.2) is 10.9 Å². The Hall–Kier alpha value is -2.11. The first-order valence-corrected chi connectivity index (χ1v) is 9.12. The van der Waals surface area contributed by atoms with Gasteiger partial charge in [-0.1, -0.05) is 48.5 Å². The molecule has 0 aliphatic rings. The lowest BCUT2D eigenvalue weighted by molar-refractivity contribution is -0.115. The van der Waals surface area contributed by atoms with Crippen LogP contribution in [0.2, 0.25) is 0 Å². The van der Waals surface area contributed by atoms with E-state index in [-0.39, 0.29) is 5.91 Å². The molecule has 0 fully saturated rings. The van der Waals surface area contributed by atoms with Gasteiger partial charge in [0.1, 0.15) is 0 Å². The zero-order valence-electron chi connectivity index (χ0n) is 12.4. The van der Waals surface area contributed by atoms with Crippen LogP contribution in [0.25, 0.3) is 0 Å². The van der Waals surface area contributed by atoms with E-state index >= 15 is 0 Å². The van der Waals surface area contributed by atoms with Crippen LogP contribution < -0.4 is 5.32 Å². The van der Waals surface area contributed by atoms with Crippen molar-refractivity contribution >= 4 is 34.1 Å². The van der Waals surface area contributed by atoms with Crippen LogP contribution in [-0.2, 0) is 17.0 Å². The molecule has 1 aromatic heterocycles. The molecule has 1 N–H and O–H groups in total. The van der Waals surface area contributed by atoms with E-state index in [1.807, 2.05) is 53.9 Å². The summed E-state index contributed by atoms with van der Waals surface area (Å²) >= 11 is 3.21. The first-order chi connectivity index (χ1) is 11.3. The molecular formula is C18H16N2OS2. The van der Waals surface area contributed by atoms with Crippen molar-refractivity contribution in [3.05, 3.63) is 77.3 Å². The van der Waals surface area contributed by atoms with Crippen molar-refractivity contribution in [3.63, 3.8) is 0 Å². The fraction of sp³-hybridized carbons (Fsp3) is 0.111. The van der Waals surface area contributed by atoms with Gasteiger partial charge in [0.25, 0.3) is 0 Å². The lowest BCUT2D eigenvalue weighted by atomic mass is 10.1. The number of nitrogens with one attached hydrogen (secondary N) is 1. The predicted octanol–water partition coefficient (Wildman–Crippen LogP) is 4.62. The van der Waals surface area contributed by atoms with Crippen molar-refractivity contribution < 1.29 is 4.79 Å². The Kier molecular flexibility index (Phi) is 5.45. The molecule has 1 amide bonds. The molecule has 0 saturated heterocycles. The largest absolute Gasteiger partial charge is 0.302 e. The number of thioether (sulfide) groups is 1. The molecule has 3 aromatic rings. The molecule has 0 spiro atoms. The van der Waals surface area contributed by atoms with Crippen molar-refractivity contribution in [2.75, 3.05) is 5.32 Å². The topological polar surface area (TPSA) is 42.0 Å². The number of carbonyl (C=O) groups excluding carboxylic acids is 1. The van der Waals surface area contributed by atoms with Gasteiger partial charge in [0.2, 0.25) is 5.91 Å². The molecule has 0 atom stereocenters. The summed E-state index contributed by atoms with van der Waals surface area (Å²) in [6, 6.07) is 19.9. The van der Waals surface area contributed by atoms with Crippen LogP contribution in [0.5, 0.6) is 0 Å². The Morgan fingerprint density at radius 3 is 2.48 bits per heavy atom. The van der Waals surface area contributed by atoms with Gasteiger partial charge < -0.3 is 5.32 Å². The summed E-state index contributed by atoms with van der Waals surface area (Å²) in [6.07, 6.45) is 0.370. The molecule has 3 nitrogen and oxygen atoms in total. The van der Waals surface area contributed by atoms with E-state index in [0.717, 1.165) is 17.0 Å². The van der Waals surface area contributed by atoms with Crippen LogP contribution in [0.4, 0.5) is 5.13 Å². The number of carbonyl (C=O) groups is 1. The van der Waals surface area contributed by atoms with Crippen LogP contribution in [0, 0.1) is 0 Å². The second-order valence-corrected chi connectivity index (χ2v) is 6.86. The normalized spacial score (nSPS) is 10.4. The van der Waals surface area contributed by atoms with E-state index in [1.165, 1.54) is 16.2 Å². The van der Waals surface area contributed by atoms with Gasteiger partial charge in [-0.15, -0.1) is 23.1 Å². The fourth-order valence-electron chi connectivity index (χ4n) is 2.05. The number of amides is 1. The molecule has 116 valence electrons. The van der Waals surface area contributed by atoms with Crippen molar-refractivity contribution in [2.24, 2.45) is 0 Å². The van der Waals surface area contributed by atoms with E-state index in [4.69, 9.17) is 0 Å². The Bertz CT molecular complexity index is 757. The molecule has 0 unspecified atom stereocenters. The average molecular weight is 340 g/mol. The van der Waals surface area contributed by atoms with Crippen LogP contribution in [0.3, 0.4) is 0 Å². The monoisotopic (exact) mass is 340 g/mol. The lowest BCUT2D eigenvalue weighted by Crippen LogP contribution is -2.14. The molecule has 2 aromatic carbocycles. The van der Waals surface area contributed by atoms with Gasteiger partial charge in [0, 0.05) is 16.0 Å². The number of benzene rings is 2. The maximum absolute atomic E-state index is 12.0. The van der Waals surface area contributed by atoms with E-state index in [0.29, 0.717) is 11.6 Å². The number of nitrogens with zero attached hydrogens (tertiary/aromatic N) is 1. The summed E-state index contributed by atoms with van der Waals surface area (Å²) < 4.78 is 0. The second kappa shape index (κ2) is 7.94. The SMILES string of the molecule is O=C(Cc1ccccc1)Nc1nc(CSc2ccccc2)cs1. The molecule has 0 saturated carbocycles. The Labute approximate surface area is 143 Å². The third-order valence-electron chi connectivity index (χ3n) is 3.14. The average Bonchev–Trinajstić information content (AvgIpc) is 3.02. The van der Waals surface area contributed by atoms with E-state index in [2.05, 4.69) is 22.4 Å². The zero-order chi connectivity index (χ0) is 15.9. The third kappa shape index (κ3) is 4.94. The minimum absolute atomic E-state index is 0.0344. The summed E-state index contributed by atoms with van der Waals surface area (Å²) in [5, 5.41) is 5.52. The Morgan fingerprint density at radius 1 is 1.04 bits per heavy atom. The highest BCUT2D eigenvalue weighted by Gasteiger charge is 2.08. The number of rotatable bonds is 6. The smallest absolute Gasteiger partial charge is 0.230 e. The van der Waals surface area contributed by atoms with Gasteiger partial charge in [-0.3, -0.25) is 4.79 Å². The molecule has 5 heteroatoms. The highest BCUT2D eigenvalue weighted by molar-refractivity contribution is 7.98. The van der Waals surface area contributed by atoms with E-state index in [1.54, 1.807) is 11.8 Å². The summed E-state index contributed by atoms with van der Waals surface area (Å²) in [5.74, 6) is 0.766. The van der Waals surface area contributed by atoms with Gasteiger partial charge >= 0.3 is 0 Å². The predicted molar refractivity (Wildman–Crippen MR) is 96.9 cm³/mol. The third-order valence-corrected chi connectivity index (χ3v) is 4.99. The van der Waals surface area contributed by atoms with Gasteiger partial charge in [0.05, 0.1) is 12.1 Å². The van der Waals surface area contributed by atoms with Gasteiger partial charge in [-0.25, -0.2) is 4.98 Å². The van der Waals surface area contributed by atoms with Gasteiger partial charge in [-0.05, 0) is 17.7 Å². The fourth-order valence-corrected chi connectivity index (χ4v) is 3.69. The number of thiazole rings is 1. The standard InChI is InChI=1S/C18H16N2OS2/c21-17(11-14-7-3-1-4-8-14)20-18-19-15(13-23-18)12-22-16-9-5-2-6-10-16/h1-10,13H,11-12H2,(H,19,20,21). The van der Waals surface area contributed by atoms with Crippen molar-refractivity contribution in [1.29, 1.82) is 0 Å². The number of hydrogen-bond donors (Lipinski definition) is 1. The molecule has 1 heterocycles. The first kappa shape index (κ1) is 15.8. The number of aromatic nitrogens is 1. The molecule has 0 aliphatic carbocycles. The molecule has 3 rings (SSSR count). The van der Waals surface area contributed by atoms with Crippen molar-refractivity contribution in [2.45, 2.75) is 17.1 Å². The molecule has 0 bridgehead atoms. The van der Waals surface area contributed by atoms with Gasteiger partial charge in [0.15, 0.2) is 5.13 Å². The lowest BCUT2D eigenvalue weighted by Gasteiger charge is -2.01. The minimum atomic E-state index is -0.0344. The van der Waals surface area contributed by atoms with Crippen molar-refractivity contribution in [3.8, 4) is 0 Å². The van der Waals surface area contributed by atoms with Gasteiger partial charge in [-0.2, -0.15) is 0 Å². The quantitative estimate of drug-likeness (QED) is 0.666.